The Morgan fingerprint density at radius 3 is 2.88 bits per heavy atom. The van der Waals surface area contributed by atoms with Gasteiger partial charge in [0.25, 0.3) is 0 Å². The molecule has 2 aromatic heterocycles. The van der Waals surface area contributed by atoms with Crippen LogP contribution in [-0.4, -0.2) is 48.7 Å². The summed E-state index contributed by atoms with van der Waals surface area (Å²) < 4.78 is 2.46. The zero-order valence-electron chi connectivity index (χ0n) is 13.0. The number of pyridine rings is 1. The van der Waals surface area contributed by atoms with Gasteiger partial charge in [-0.2, -0.15) is 0 Å². The molecule has 1 amide bonds. The summed E-state index contributed by atoms with van der Waals surface area (Å²) in [6, 6.07) is 4.38. The summed E-state index contributed by atoms with van der Waals surface area (Å²) in [5.74, 6) is -1.03. The molecule has 2 aromatic rings. The fourth-order valence-electron chi connectivity index (χ4n) is 4.17. The van der Waals surface area contributed by atoms with Crippen LogP contribution < -0.4 is 5.69 Å². The van der Waals surface area contributed by atoms with E-state index in [1.165, 1.54) is 9.30 Å². The first-order valence-electron chi connectivity index (χ1n) is 8.13. The third kappa shape index (κ3) is 2.21. The number of aromatic nitrogens is 3. The van der Waals surface area contributed by atoms with E-state index in [4.69, 9.17) is 0 Å². The maximum absolute atomic E-state index is 12.6. The third-order valence-electron chi connectivity index (χ3n) is 5.24. The van der Waals surface area contributed by atoms with Crippen molar-refractivity contribution in [2.24, 2.45) is 11.8 Å². The van der Waals surface area contributed by atoms with Gasteiger partial charge >= 0.3 is 11.7 Å². The SMILES string of the molecule is O=C(O)C1C2CCCC2CN1C(=O)Cn1nc2ccccn2c1=O. The van der Waals surface area contributed by atoms with Gasteiger partial charge in [0.15, 0.2) is 5.65 Å². The second kappa shape index (κ2) is 5.47. The first-order valence-corrected chi connectivity index (χ1v) is 8.13. The van der Waals surface area contributed by atoms with Crippen LogP contribution >= 0.6 is 0 Å². The Kier molecular flexibility index (Phi) is 3.40. The fourth-order valence-corrected chi connectivity index (χ4v) is 4.17. The Hall–Kier alpha value is -2.64. The number of carbonyl (C=O) groups excluding carboxylic acids is 1. The number of likely N-dealkylation sites (tertiary alicyclic amines) is 1. The molecule has 1 saturated heterocycles. The van der Waals surface area contributed by atoms with E-state index < -0.39 is 17.7 Å². The van der Waals surface area contributed by atoms with Crippen molar-refractivity contribution >= 4 is 17.5 Å². The zero-order chi connectivity index (χ0) is 16.8. The largest absolute Gasteiger partial charge is 0.480 e. The quantitative estimate of drug-likeness (QED) is 0.867. The smallest absolute Gasteiger partial charge is 0.350 e. The Balaban J connectivity index is 1.60. The number of hydrogen-bond acceptors (Lipinski definition) is 4. The number of nitrogens with zero attached hydrogens (tertiary/aromatic N) is 4. The Morgan fingerprint density at radius 1 is 1.29 bits per heavy atom. The molecule has 1 aliphatic heterocycles. The van der Waals surface area contributed by atoms with E-state index in [0.717, 1.165) is 23.9 Å². The summed E-state index contributed by atoms with van der Waals surface area (Å²) in [7, 11) is 0. The molecule has 0 radical (unpaired) electrons. The molecule has 3 heterocycles. The van der Waals surface area contributed by atoms with Crippen molar-refractivity contribution in [1.29, 1.82) is 0 Å². The molecule has 2 fully saturated rings. The summed E-state index contributed by atoms with van der Waals surface area (Å²) in [5.41, 5.74) is 0.0635. The molecular formula is C16H18N4O4. The van der Waals surface area contributed by atoms with Gasteiger partial charge in [0.2, 0.25) is 5.91 Å². The molecule has 8 nitrogen and oxygen atoms in total. The van der Waals surface area contributed by atoms with E-state index in [1.54, 1.807) is 24.4 Å². The fraction of sp³-hybridized carbons (Fsp3) is 0.500. The van der Waals surface area contributed by atoms with Crippen LogP contribution in [0.1, 0.15) is 19.3 Å². The highest BCUT2D eigenvalue weighted by Crippen LogP contribution is 2.42. The summed E-state index contributed by atoms with van der Waals surface area (Å²) in [5, 5.41) is 13.7. The summed E-state index contributed by atoms with van der Waals surface area (Å²) in [6.45, 7) is 0.228. The molecule has 1 N–H and O–H groups in total. The van der Waals surface area contributed by atoms with Crippen molar-refractivity contribution in [2.45, 2.75) is 31.8 Å². The molecule has 24 heavy (non-hydrogen) atoms. The van der Waals surface area contributed by atoms with Gasteiger partial charge in [-0.3, -0.25) is 9.20 Å². The van der Waals surface area contributed by atoms with Crippen molar-refractivity contribution < 1.29 is 14.7 Å². The van der Waals surface area contributed by atoms with Gasteiger partial charge in [0, 0.05) is 12.7 Å². The third-order valence-corrected chi connectivity index (χ3v) is 5.24. The second-order valence-corrected chi connectivity index (χ2v) is 6.55. The van der Waals surface area contributed by atoms with Crippen molar-refractivity contribution in [3.8, 4) is 0 Å². The molecule has 4 rings (SSSR count). The minimum Gasteiger partial charge on any atom is -0.480 e. The predicted octanol–water partition coefficient (Wildman–Crippen LogP) is 0.208. The van der Waals surface area contributed by atoms with E-state index >= 15 is 0 Å². The van der Waals surface area contributed by atoms with Crippen LogP contribution in [0.25, 0.3) is 5.65 Å². The number of rotatable bonds is 3. The molecule has 3 unspecified atom stereocenters. The molecule has 2 aliphatic rings. The number of carboxylic acid groups (broad SMARTS) is 1. The minimum absolute atomic E-state index is 0.0317. The van der Waals surface area contributed by atoms with E-state index in [2.05, 4.69) is 5.10 Å². The Bertz CT molecular complexity index is 870. The van der Waals surface area contributed by atoms with Crippen molar-refractivity contribution in [2.75, 3.05) is 6.54 Å². The molecule has 0 spiro atoms. The zero-order valence-corrected chi connectivity index (χ0v) is 13.0. The molecule has 1 aliphatic carbocycles. The van der Waals surface area contributed by atoms with Crippen LogP contribution in [0.3, 0.4) is 0 Å². The van der Waals surface area contributed by atoms with Crippen molar-refractivity contribution in [3.05, 3.63) is 34.9 Å². The molecule has 0 aromatic carbocycles. The maximum atomic E-state index is 12.6. The van der Waals surface area contributed by atoms with Gasteiger partial charge in [0.1, 0.15) is 12.6 Å². The molecule has 3 atom stereocenters. The number of fused-ring (bicyclic) bond motifs is 2. The van der Waals surface area contributed by atoms with Crippen LogP contribution in [0.2, 0.25) is 0 Å². The molecule has 0 bridgehead atoms. The van der Waals surface area contributed by atoms with Crippen LogP contribution in [0, 0.1) is 11.8 Å². The second-order valence-electron chi connectivity index (χ2n) is 6.55. The Labute approximate surface area is 137 Å². The lowest BCUT2D eigenvalue weighted by molar-refractivity contribution is -0.150. The first kappa shape index (κ1) is 14.9. The monoisotopic (exact) mass is 330 g/mol. The lowest BCUT2D eigenvalue weighted by atomic mass is 9.94. The highest BCUT2D eigenvalue weighted by molar-refractivity contribution is 5.84. The van der Waals surface area contributed by atoms with Gasteiger partial charge in [0.05, 0.1) is 0 Å². The highest BCUT2D eigenvalue weighted by Gasteiger charge is 2.49. The average Bonchev–Trinajstić information content (AvgIpc) is 3.21. The van der Waals surface area contributed by atoms with E-state index in [1.807, 2.05) is 0 Å². The molecular weight excluding hydrogens is 312 g/mol. The number of carboxylic acids is 1. The normalized spacial score (nSPS) is 26.0. The maximum Gasteiger partial charge on any atom is 0.350 e. The van der Waals surface area contributed by atoms with Gasteiger partial charge in [-0.1, -0.05) is 12.5 Å². The Morgan fingerprint density at radius 2 is 2.12 bits per heavy atom. The first-order chi connectivity index (χ1) is 11.6. The number of carbonyl (C=O) groups is 2. The van der Waals surface area contributed by atoms with Crippen molar-refractivity contribution in [1.82, 2.24) is 19.1 Å². The van der Waals surface area contributed by atoms with E-state index in [0.29, 0.717) is 12.2 Å². The highest BCUT2D eigenvalue weighted by atomic mass is 16.4. The molecule has 8 heteroatoms. The lowest BCUT2D eigenvalue weighted by Gasteiger charge is -2.24. The lowest BCUT2D eigenvalue weighted by Crippen LogP contribution is -2.45. The average molecular weight is 330 g/mol. The number of amides is 1. The van der Waals surface area contributed by atoms with E-state index in [-0.39, 0.29) is 24.3 Å². The van der Waals surface area contributed by atoms with Gasteiger partial charge in [-0.25, -0.2) is 14.3 Å². The summed E-state index contributed by atoms with van der Waals surface area (Å²) in [6.07, 6.45) is 4.42. The van der Waals surface area contributed by atoms with Crippen LogP contribution in [0.15, 0.2) is 29.2 Å². The predicted molar refractivity (Wildman–Crippen MR) is 83.4 cm³/mol. The van der Waals surface area contributed by atoms with Gasteiger partial charge < -0.3 is 10.0 Å². The summed E-state index contributed by atoms with van der Waals surface area (Å²) >= 11 is 0. The molecule has 126 valence electrons. The van der Waals surface area contributed by atoms with Crippen LogP contribution in [0.5, 0.6) is 0 Å². The minimum atomic E-state index is -0.958. The van der Waals surface area contributed by atoms with Crippen LogP contribution in [-0.2, 0) is 16.1 Å². The number of aliphatic carboxylic acids is 1. The van der Waals surface area contributed by atoms with Crippen molar-refractivity contribution in [3.63, 3.8) is 0 Å². The van der Waals surface area contributed by atoms with E-state index in [9.17, 15) is 19.5 Å². The number of hydrogen-bond donors (Lipinski definition) is 1. The summed E-state index contributed by atoms with van der Waals surface area (Å²) in [4.78, 5) is 38.0. The van der Waals surface area contributed by atoms with Gasteiger partial charge in [-0.05, 0) is 36.8 Å². The van der Waals surface area contributed by atoms with Crippen LogP contribution in [0.4, 0.5) is 0 Å². The topological polar surface area (TPSA) is 96.9 Å². The standard InChI is InChI=1S/C16H18N4O4/c21-13(9-20-16(24)18-7-2-1-6-12(18)17-20)19-8-10-4-3-5-11(10)14(19)15(22)23/h1-2,6-7,10-11,14H,3-5,8-9H2,(H,22,23). The molecule has 1 saturated carbocycles. The van der Waals surface area contributed by atoms with Gasteiger partial charge in [-0.15, -0.1) is 5.10 Å².